The van der Waals surface area contributed by atoms with E-state index in [9.17, 15) is 13.2 Å². The first-order valence-electron chi connectivity index (χ1n) is 14.8. The van der Waals surface area contributed by atoms with Crippen LogP contribution < -0.4 is 4.31 Å². The number of ether oxygens (including phenoxy) is 1. The second-order valence-corrected chi connectivity index (χ2v) is 14.2. The van der Waals surface area contributed by atoms with E-state index < -0.39 is 10.0 Å². The zero-order valence-corrected chi connectivity index (χ0v) is 26.3. The van der Waals surface area contributed by atoms with E-state index in [2.05, 4.69) is 37.2 Å². The molecule has 1 aliphatic heterocycles. The van der Waals surface area contributed by atoms with Crippen LogP contribution in [0, 0.1) is 0 Å². The zero-order valence-electron chi connectivity index (χ0n) is 25.5. The van der Waals surface area contributed by atoms with Crippen molar-refractivity contribution in [1.82, 2.24) is 9.88 Å². The summed E-state index contributed by atoms with van der Waals surface area (Å²) in [5, 5.41) is 0.773. The Balaban J connectivity index is 1.48. The van der Waals surface area contributed by atoms with Gasteiger partial charge in [0, 0.05) is 49.8 Å². The van der Waals surface area contributed by atoms with Crippen molar-refractivity contribution in [3.8, 4) is 11.1 Å². The number of anilines is 1. The smallest absolute Gasteiger partial charge is 0.264 e. The van der Waals surface area contributed by atoms with Crippen molar-refractivity contribution in [1.29, 1.82) is 0 Å². The number of hydrogen-bond acceptors (Lipinski definition) is 5. The lowest BCUT2D eigenvalue weighted by Gasteiger charge is -2.22. The van der Waals surface area contributed by atoms with Crippen molar-refractivity contribution >= 4 is 32.4 Å². The summed E-state index contributed by atoms with van der Waals surface area (Å²) in [6.45, 7) is 14.5. The van der Waals surface area contributed by atoms with Crippen LogP contribution in [0.3, 0.4) is 0 Å². The summed E-state index contributed by atoms with van der Waals surface area (Å²) >= 11 is 0. The molecule has 43 heavy (non-hydrogen) atoms. The van der Waals surface area contributed by atoms with Crippen LogP contribution in [-0.4, -0.2) is 64.0 Å². The minimum atomic E-state index is -3.82. The molecule has 5 rings (SSSR count). The highest BCUT2D eigenvalue weighted by Crippen LogP contribution is 2.37. The Labute approximate surface area is 255 Å². The predicted octanol–water partition coefficient (Wildman–Crippen LogP) is 6.81. The van der Waals surface area contributed by atoms with E-state index in [1.807, 2.05) is 54.6 Å². The number of fused-ring (bicyclic) bond motifs is 1. The molecule has 0 bridgehead atoms. The molecule has 3 aromatic carbocycles. The molecule has 2 heterocycles. The molecule has 0 saturated carbocycles. The molecule has 0 spiro atoms. The Morgan fingerprint density at radius 1 is 1.00 bits per heavy atom. The van der Waals surface area contributed by atoms with Gasteiger partial charge in [-0.15, -0.1) is 0 Å². The Kier molecular flexibility index (Phi) is 8.92. The first-order chi connectivity index (χ1) is 20.5. The van der Waals surface area contributed by atoms with E-state index in [1.54, 1.807) is 25.2 Å². The topological polar surface area (TPSA) is 82.7 Å². The third kappa shape index (κ3) is 6.61. The molecular weight excluding hydrogens is 558 g/mol. The predicted molar refractivity (Wildman–Crippen MR) is 174 cm³/mol. The monoisotopic (exact) mass is 599 g/mol. The summed E-state index contributed by atoms with van der Waals surface area (Å²) in [6, 6.07) is 22.2. The number of carbonyl (C=O) groups excluding carboxylic acids is 1. The average molecular weight is 600 g/mol. The number of H-pyrrole nitrogens is 1. The van der Waals surface area contributed by atoms with Crippen LogP contribution in [0.2, 0.25) is 0 Å². The van der Waals surface area contributed by atoms with E-state index in [0.29, 0.717) is 30.0 Å². The molecule has 226 valence electrons. The van der Waals surface area contributed by atoms with Crippen LogP contribution in [0.5, 0.6) is 0 Å². The van der Waals surface area contributed by atoms with Crippen molar-refractivity contribution in [3.05, 3.63) is 96.2 Å². The van der Waals surface area contributed by atoms with Gasteiger partial charge >= 0.3 is 0 Å². The summed E-state index contributed by atoms with van der Waals surface area (Å²) in [4.78, 5) is 19.7. The second kappa shape index (κ2) is 12.5. The van der Waals surface area contributed by atoms with Crippen molar-refractivity contribution in [3.63, 3.8) is 0 Å². The average Bonchev–Trinajstić information content (AvgIpc) is 3.18. The molecule has 8 heteroatoms. The summed E-state index contributed by atoms with van der Waals surface area (Å²) in [6.07, 6.45) is 1.54. The number of rotatable bonds is 9. The molecule has 1 aliphatic rings. The van der Waals surface area contributed by atoms with Crippen molar-refractivity contribution in [2.45, 2.75) is 43.9 Å². The maximum atomic E-state index is 13.8. The van der Waals surface area contributed by atoms with Gasteiger partial charge in [-0.3, -0.25) is 9.10 Å². The molecule has 1 fully saturated rings. The maximum absolute atomic E-state index is 13.8. The van der Waals surface area contributed by atoms with Gasteiger partial charge in [-0.05, 0) is 65.3 Å². The molecule has 7 nitrogen and oxygen atoms in total. The highest BCUT2D eigenvalue weighted by molar-refractivity contribution is 7.92. The molecule has 1 aromatic heterocycles. The number of Topliss-reactive ketones (excluding diaryl/α,β-unsaturated/α-hetero) is 1. The second-order valence-electron chi connectivity index (χ2n) is 12.2. The highest BCUT2D eigenvalue weighted by atomic mass is 32.2. The van der Waals surface area contributed by atoms with Crippen LogP contribution >= 0.6 is 0 Å². The number of sulfonamides is 1. The minimum absolute atomic E-state index is 0.0797. The number of carbonyl (C=O) groups is 1. The molecule has 0 atom stereocenters. The zero-order chi connectivity index (χ0) is 30.8. The third-order valence-corrected chi connectivity index (χ3v) is 9.98. The Bertz CT molecular complexity index is 1710. The van der Waals surface area contributed by atoms with Gasteiger partial charge in [0.05, 0.1) is 22.9 Å². The molecule has 1 saturated heterocycles. The van der Waals surface area contributed by atoms with Gasteiger partial charge in [0.1, 0.15) is 0 Å². The SMILES string of the molecule is C=C(CCN1CCCOCC1)C(=O)c1[nH]c2ccc(N(C)S(=O)(=O)c3ccc(C(C)(C)C)cc3)cc2c1-c1ccccc1. The van der Waals surface area contributed by atoms with Crippen molar-refractivity contribution in [2.24, 2.45) is 0 Å². The summed E-state index contributed by atoms with van der Waals surface area (Å²) < 4.78 is 34.2. The van der Waals surface area contributed by atoms with Crippen LogP contribution in [0.15, 0.2) is 89.8 Å². The fourth-order valence-electron chi connectivity index (χ4n) is 5.48. The molecule has 0 radical (unpaired) electrons. The highest BCUT2D eigenvalue weighted by Gasteiger charge is 2.26. The largest absolute Gasteiger partial charge is 0.380 e. The molecular formula is C35H41N3O4S. The fourth-order valence-corrected chi connectivity index (χ4v) is 6.67. The Hall–Kier alpha value is -3.72. The molecule has 4 aromatic rings. The van der Waals surface area contributed by atoms with Crippen LogP contribution in [0.25, 0.3) is 22.0 Å². The quantitative estimate of drug-likeness (QED) is 0.169. The lowest BCUT2D eigenvalue weighted by molar-refractivity contribution is 0.102. The third-order valence-electron chi connectivity index (χ3n) is 8.18. The summed E-state index contributed by atoms with van der Waals surface area (Å²) in [7, 11) is -2.26. The van der Waals surface area contributed by atoms with E-state index in [4.69, 9.17) is 4.74 Å². The van der Waals surface area contributed by atoms with E-state index >= 15 is 0 Å². The minimum Gasteiger partial charge on any atom is -0.380 e. The van der Waals surface area contributed by atoms with E-state index in [1.165, 1.54) is 4.31 Å². The number of nitrogens with zero attached hydrogens (tertiary/aromatic N) is 2. The van der Waals surface area contributed by atoms with Crippen molar-refractivity contribution < 1.29 is 17.9 Å². The first kappa shape index (κ1) is 30.7. The van der Waals surface area contributed by atoms with Gasteiger partial charge in [-0.25, -0.2) is 8.42 Å². The maximum Gasteiger partial charge on any atom is 0.264 e. The number of aromatic amines is 1. The van der Waals surface area contributed by atoms with Crippen LogP contribution in [-0.2, 0) is 20.2 Å². The number of nitrogens with one attached hydrogen (secondary N) is 1. The van der Waals surface area contributed by atoms with Gasteiger partial charge in [0.25, 0.3) is 10.0 Å². The molecule has 0 amide bonds. The Morgan fingerprint density at radius 3 is 2.42 bits per heavy atom. The first-order valence-corrected chi connectivity index (χ1v) is 16.2. The van der Waals surface area contributed by atoms with E-state index in [0.717, 1.165) is 60.3 Å². The van der Waals surface area contributed by atoms with Crippen LogP contribution in [0.4, 0.5) is 5.69 Å². The molecule has 0 unspecified atom stereocenters. The van der Waals surface area contributed by atoms with Gasteiger partial charge in [-0.1, -0.05) is 69.8 Å². The van der Waals surface area contributed by atoms with E-state index in [-0.39, 0.29) is 16.1 Å². The van der Waals surface area contributed by atoms with Gasteiger partial charge in [0.15, 0.2) is 0 Å². The number of benzene rings is 3. The lowest BCUT2D eigenvalue weighted by Crippen LogP contribution is -2.28. The summed E-state index contributed by atoms with van der Waals surface area (Å²) in [5.74, 6) is -0.136. The Morgan fingerprint density at radius 2 is 1.72 bits per heavy atom. The molecule has 1 N–H and O–H groups in total. The van der Waals surface area contributed by atoms with Gasteiger partial charge in [0.2, 0.25) is 5.78 Å². The summed E-state index contributed by atoms with van der Waals surface area (Å²) in [5.41, 5.74) is 4.85. The van der Waals surface area contributed by atoms with Crippen LogP contribution in [0.1, 0.15) is 49.7 Å². The molecule has 0 aliphatic carbocycles. The fraction of sp³-hybridized carbons (Fsp3) is 0.343. The van der Waals surface area contributed by atoms with Gasteiger partial charge < -0.3 is 14.6 Å². The number of hydrogen-bond donors (Lipinski definition) is 1. The van der Waals surface area contributed by atoms with Crippen molar-refractivity contribution in [2.75, 3.05) is 44.2 Å². The normalized spacial score (nSPS) is 14.9. The number of aromatic nitrogens is 1. The van der Waals surface area contributed by atoms with Gasteiger partial charge in [-0.2, -0.15) is 0 Å². The standard InChI is InChI=1S/C35H41N3O4S/c1-25(18-20-38-19-9-22-42-23-21-38)34(39)33-32(26-10-7-6-8-11-26)30-24-28(14-17-31(30)36-33)37(5)43(40,41)29-15-12-27(13-16-29)35(2,3)4/h6-8,10-17,24,36H,1,9,18-23H2,2-5H3. The number of ketones is 1. The lowest BCUT2D eigenvalue weighted by atomic mass is 9.87.